The van der Waals surface area contributed by atoms with E-state index in [1.54, 1.807) is 19.1 Å². The fourth-order valence-corrected chi connectivity index (χ4v) is 2.90. The van der Waals surface area contributed by atoms with E-state index in [9.17, 15) is 4.79 Å². The lowest BCUT2D eigenvalue weighted by atomic mass is 10.1. The second kappa shape index (κ2) is 7.34. The van der Waals surface area contributed by atoms with Gasteiger partial charge in [-0.2, -0.15) is 0 Å². The molecule has 0 aliphatic rings. The average molecular weight is 341 g/mol. The molecule has 2 aromatic heterocycles. The van der Waals surface area contributed by atoms with Gasteiger partial charge in [0.25, 0.3) is 0 Å². The first kappa shape index (κ1) is 17.0. The number of hydrogen-bond donors (Lipinski definition) is 2. The summed E-state index contributed by atoms with van der Waals surface area (Å²) < 4.78 is 10.9. The van der Waals surface area contributed by atoms with Crippen LogP contribution in [0.2, 0.25) is 0 Å². The highest BCUT2D eigenvalue weighted by molar-refractivity contribution is 5.89. The van der Waals surface area contributed by atoms with Gasteiger partial charge in [-0.15, -0.1) is 0 Å². The van der Waals surface area contributed by atoms with E-state index in [1.165, 1.54) is 0 Å². The zero-order valence-electron chi connectivity index (χ0n) is 14.8. The summed E-state index contributed by atoms with van der Waals surface area (Å²) in [5, 5.41) is 4.01. The topological polar surface area (TPSA) is 70.5 Å². The number of fused-ring (bicyclic) bond motifs is 1. The molecule has 3 rings (SSSR count). The predicted molar refractivity (Wildman–Crippen MR) is 96.9 cm³/mol. The van der Waals surface area contributed by atoms with E-state index >= 15 is 0 Å². The molecule has 0 radical (unpaired) electrons. The van der Waals surface area contributed by atoms with E-state index < -0.39 is 0 Å². The van der Waals surface area contributed by atoms with Crippen molar-refractivity contribution in [2.24, 2.45) is 0 Å². The number of furan rings is 1. The Kier molecular flexibility index (Phi) is 4.97. The van der Waals surface area contributed by atoms with Crippen LogP contribution in [0.1, 0.15) is 17.1 Å². The molecule has 0 aliphatic carbocycles. The van der Waals surface area contributed by atoms with Gasteiger partial charge in [-0.25, -0.2) is 4.79 Å². The van der Waals surface area contributed by atoms with Crippen LogP contribution in [0.3, 0.4) is 0 Å². The van der Waals surface area contributed by atoms with Crippen LogP contribution in [0, 0.1) is 6.92 Å². The molecular weight excluding hydrogens is 318 g/mol. The zero-order valence-corrected chi connectivity index (χ0v) is 14.8. The number of urea groups is 1. The largest absolute Gasteiger partial charge is 0.496 e. The van der Waals surface area contributed by atoms with Crippen LogP contribution < -0.4 is 10.1 Å². The van der Waals surface area contributed by atoms with Crippen molar-refractivity contribution < 1.29 is 13.9 Å². The van der Waals surface area contributed by atoms with Crippen LogP contribution in [-0.2, 0) is 13.0 Å². The molecule has 0 atom stereocenters. The summed E-state index contributed by atoms with van der Waals surface area (Å²) in [5.74, 6) is 2.46. The number of amides is 2. The molecule has 0 unspecified atom stereocenters. The molecule has 0 saturated heterocycles. The first-order valence-corrected chi connectivity index (χ1v) is 8.25. The smallest absolute Gasteiger partial charge is 0.317 e. The number of aromatic amines is 1. The van der Waals surface area contributed by atoms with Crippen molar-refractivity contribution in [3.63, 3.8) is 0 Å². The second-order valence-electron chi connectivity index (χ2n) is 6.05. The molecule has 0 saturated carbocycles. The van der Waals surface area contributed by atoms with Gasteiger partial charge in [0.2, 0.25) is 0 Å². The van der Waals surface area contributed by atoms with Gasteiger partial charge in [-0.05, 0) is 43.2 Å². The first-order valence-electron chi connectivity index (χ1n) is 8.25. The minimum Gasteiger partial charge on any atom is -0.496 e. The third-order valence-electron chi connectivity index (χ3n) is 4.18. The molecule has 2 amide bonds. The Bertz CT molecular complexity index is 866. The number of rotatable bonds is 6. The lowest BCUT2D eigenvalue weighted by Crippen LogP contribution is -2.37. The molecule has 6 heteroatoms. The molecule has 132 valence electrons. The molecule has 0 bridgehead atoms. The highest BCUT2D eigenvalue weighted by Gasteiger charge is 2.12. The monoisotopic (exact) mass is 341 g/mol. The number of methoxy groups -OCH3 is 1. The van der Waals surface area contributed by atoms with Gasteiger partial charge in [-0.3, -0.25) is 0 Å². The van der Waals surface area contributed by atoms with Crippen molar-refractivity contribution in [1.29, 1.82) is 0 Å². The maximum Gasteiger partial charge on any atom is 0.317 e. The number of aromatic nitrogens is 1. The minimum absolute atomic E-state index is 0.124. The van der Waals surface area contributed by atoms with Crippen molar-refractivity contribution in [3.8, 4) is 5.75 Å². The molecule has 0 fully saturated rings. The SMILES string of the molecule is COc1cccc2[nH]cc(CCNC(=O)N(C)Cc3ccc(C)o3)c12. The standard InChI is InChI=1S/C19H23N3O3/c1-13-7-8-15(25-13)12-22(2)19(23)20-10-9-14-11-21-16-5-4-6-17(24-3)18(14)16/h4-8,11,21H,9-10,12H2,1-3H3,(H,20,23). The minimum atomic E-state index is -0.124. The fourth-order valence-electron chi connectivity index (χ4n) is 2.90. The van der Waals surface area contributed by atoms with Crippen LogP contribution in [0.25, 0.3) is 10.9 Å². The third kappa shape index (κ3) is 3.79. The summed E-state index contributed by atoms with van der Waals surface area (Å²) in [5.41, 5.74) is 2.16. The Morgan fingerprint density at radius 1 is 1.32 bits per heavy atom. The maximum atomic E-state index is 12.2. The molecule has 25 heavy (non-hydrogen) atoms. The van der Waals surface area contributed by atoms with Crippen molar-refractivity contribution in [2.45, 2.75) is 19.9 Å². The van der Waals surface area contributed by atoms with Gasteiger partial charge in [0.15, 0.2) is 0 Å². The van der Waals surface area contributed by atoms with Crippen LogP contribution in [0.15, 0.2) is 40.9 Å². The number of benzene rings is 1. The van der Waals surface area contributed by atoms with Gasteiger partial charge < -0.3 is 24.4 Å². The summed E-state index contributed by atoms with van der Waals surface area (Å²) >= 11 is 0. The van der Waals surface area contributed by atoms with E-state index in [2.05, 4.69) is 10.3 Å². The molecule has 0 aliphatic heterocycles. The number of H-pyrrole nitrogens is 1. The molecule has 0 spiro atoms. The van der Waals surface area contributed by atoms with E-state index in [1.807, 2.05) is 43.5 Å². The number of carbonyl (C=O) groups is 1. The number of carbonyl (C=O) groups excluding carboxylic acids is 1. The fraction of sp³-hybridized carbons (Fsp3) is 0.316. The van der Waals surface area contributed by atoms with Gasteiger partial charge in [0, 0.05) is 30.7 Å². The molecule has 2 heterocycles. The Labute approximate surface area is 146 Å². The molecular formula is C19H23N3O3. The van der Waals surface area contributed by atoms with Crippen molar-refractivity contribution in [1.82, 2.24) is 15.2 Å². The first-order chi connectivity index (χ1) is 12.1. The summed E-state index contributed by atoms with van der Waals surface area (Å²) in [6, 6.07) is 9.56. The van der Waals surface area contributed by atoms with Crippen LogP contribution in [0.4, 0.5) is 4.79 Å². The van der Waals surface area contributed by atoms with Gasteiger partial charge in [-0.1, -0.05) is 6.07 Å². The molecule has 3 aromatic rings. The van der Waals surface area contributed by atoms with Crippen LogP contribution in [-0.4, -0.2) is 36.6 Å². The quantitative estimate of drug-likeness (QED) is 0.721. The summed E-state index contributed by atoms with van der Waals surface area (Å²) in [4.78, 5) is 17.1. The third-order valence-corrected chi connectivity index (χ3v) is 4.18. The molecule has 6 nitrogen and oxygen atoms in total. The normalized spacial score (nSPS) is 10.8. The van der Waals surface area contributed by atoms with Gasteiger partial charge in [0.05, 0.1) is 13.7 Å². The lowest BCUT2D eigenvalue weighted by molar-refractivity contribution is 0.203. The van der Waals surface area contributed by atoms with Crippen molar-refractivity contribution in [2.75, 3.05) is 20.7 Å². The summed E-state index contributed by atoms with van der Waals surface area (Å²) in [6.45, 7) is 2.88. The number of aryl methyl sites for hydroxylation is 1. The Morgan fingerprint density at radius 3 is 2.88 bits per heavy atom. The Morgan fingerprint density at radius 2 is 2.16 bits per heavy atom. The number of hydrogen-bond acceptors (Lipinski definition) is 3. The van der Waals surface area contributed by atoms with E-state index in [0.717, 1.165) is 40.2 Å². The van der Waals surface area contributed by atoms with E-state index in [-0.39, 0.29) is 6.03 Å². The summed E-state index contributed by atoms with van der Waals surface area (Å²) in [6.07, 6.45) is 2.69. The Hall–Kier alpha value is -2.89. The Balaban J connectivity index is 1.56. The predicted octanol–water partition coefficient (Wildman–Crippen LogP) is 3.46. The number of nitrogens with one attached hydrogen (secondary N) is 2. The maximum absolute atomic E-state index is 12.2. The second-order valence-corrected chi connectivity index (χ2v) is 6.05. The van der Waals surface area contributed by atoms with Gasteiger partial charge >= 0.3 is 6.03 Å². The molecule has 1 aromatic carbocycles. The van der Waals surface area contributed by atoms with E-state index in [0.29, 0.717) is 13.1 Å². The number of nitrogens with zero attached hydrogens (tertiary/aromatic N) is 1. The van der Waals surface area contributed by atoms with Crippen molar-refractivity contribution in [3.05, 3.63) is 53.6 Å². The van der Waals surface area contributed by atoms with Crippen LogP contribution >= 0.6 is 0 Å². The highest BCUT2D eigenvalue weighted by Crippen LogP contribution is 2.28. The molecule has 2 N–H and O–H groups in total. The van der Waals surface area contributed by atoms with E-state index in [4.69, 9.17) is 9.15 Å². The average Bonchev–Trinajstić information content (AvgIpc) is 3.21. The highest BCUT2D eigenvalue weighted by atomic mass is 16.5. The zero-order chi connectivity index (χ0) is 17.8. The number of ether oxygens (including phenoxy) is 1. The summed E-state index contributed by atoms with van der Waals surface area (Å²) in [7, 11) is 3.42. The van der Waals surface area contributed by atoms with Crippen LogP contribution in [0.5, 0.6) is 5.75 Å². The lowest BCUT2D eigenvalue weighted by Gasteiger charge is -2.16. The van der Waals surface area contributed by atoms with Gasteiger partial charge in [0.1, 0.15) is 17.3 Å². The van der Waals surface area contributed by atoms with Crippen molar-refractivity contribution >= 4 is 16.9 Å².